The topological polar surface area (TPSA) is 26.0 Å². The van der Waals surface area contributed by atoms with Crippen molar-refractivity contribution < 1.29 is 0 Å². The lowest BCUT2D eigenvalue weighted by atomic mass is 9.63. The van der Waals surface area contributed by atoms with E-state index in [0.717, 1.165) is 44.2 Å². The zero-order chi connectivity index (χ0) is 25.5. The minimum Gasteiger partial charge on any atom is -0.399 e. The molecule has 0 aromatic heterocycles. The summed E-state index contributed by atoms with van der Waals surface area (Å²) in [6.07, 6.45) is 12.5. The fraction of sp³-hybridized carbons (Fsp3) is 0.371. The number of nitrogen functional groups attached to an aromatic ring is 1. The van der Waals surface area contributed by atoms with Crippen molar-refractivity contribution in [2.45, 2.75) is 78.1 Å². The lowest BCUT2D eigenvalue weighted by molar-refractivity contribution is 0.473. The van der Waals surface area contributed by atoms with Gasteiger partial charge in [0, 0.05) is 11.1 Å². The van der Waals surface area contributed by atoms with E-state index in [1.165, 1.54) is 56.5 Å². The van der Waals surface area contributed by atoms with Gasteiger partial charge in [-0.05, 0) is 106 Å². The van der Waals surface area contributed by atoms with Crippen LogP contribution in [-0.4, -0.2) is 0 Å². The molecular formula is C35H41N. The Morgan fingerprint density at radius 2 is 1.64 bits per heavy atom. The molecule has 0 heterocycles. The average Bonchev–Trinajstić information content (AvgIpc) is 2.85. The number of anilines is 1. The molecule has 2 aliphatic carbocycles. The number of allylic oxidation sites excluding steroid dienone is 2. The van der Waals surface area contributed by atoms with Gasteiger partial charge in [-0.3, -0.25) is 0 Å². The van der Waals surface area contributed by atoms with Crippen LogP contribution in [0.15, 0.2) is 67.3 Å². The van der Waals surface area contributed by atoms with Crippen molar-refractivity contribution >= 4 is 17.3 Å². The molecule has 1 unspecified atom stereocenters. The summed E-state index contributed by atoms with van der Waals surface area (Å²) in [6, 6.07) is 20.3. The Morgan fingerprint density at radius 1 is 0.889 bits per heavy atom. The Morgan fingerprint density at radius 3 is 2.39 bits per heavy atom. The van der Waals surface area contributed by atoms with Crippen molar-refractivity contribution in [2.24, 2.45) is 5.41 Å². The van der Waals surface area contributed by atoms with Crippen molar-refractivity contribution in [1.82, 2.24) is 0 Å². The summed E-state index contributed by atoms with van der Waals surface area (Å²) < 4.78 is 0. The lowest BCUT2D eigenvalue weighted by Gasteiger charge is -2.41. The molecular weight excluding hydrogens is 434 g/mol. The zero-order valence-electron chi connectivity index (χ0n) is 22.6. The first kappa shape index (κ1) is 24.6. The minimum atomic E-state index is -0.0555. The maximum absolute atomic E-state index is 5.92. The van der Waals surface area contributed by atoms with E-state index in [9.17, 15) is 0 Å². The van der Waals surface area contributed by atoms with Crippen molar-refractivity contribution in [2.75, 3.05) is 5.73 Å². The summed E-state index contributed by atoms with van der Waals surface area (Å²) >= 11 is 0. The van der Waals surface area contributed by atoms with E-state index in [2.05, 4.69) is 82.3 Å². The molecule has 2 N–H and O–H groups in total. The molecule has 0 saturated heterocycles. The summed E-state index contributed by atoms with van der Waals surface area (Å²) in [5, 5.41) is 0. The molecule has 0 aliphatic heterocycles. The monoisotopic (exact) mass is 475 g/mol. The normalized spacial score (nSPS) is 20.2. The van der Waals surface area contributed by atoms with E-state index >= 15 is 0 Å². The molecule has 0 spiro atoms. The summed E-state index contributed by atoms with van der Waals surface area (Å²) in [7, 11) is 0. The van der Waals surface area contributed by atoms with Gasteiger partial charge < -0.3 is 5.73 Å². The van der Waals surface area contributed by atoms with Gasteiger partial charge in [-0.15, -0.1) is 0 Å². The largest absolute Gasteiger partial charge is 0.399 e. The predicted molar refractivity (Wildman–Crippen MR) is 156 cm³/mol. The second-order valence-corrected chi connectivity index (χ2v) is 12.0. The van der Waals surface area contributed by atoms with E-state index in [0.29, 0.717) is 0 Å². The number of rotatable bonds is 6. The molecule has 3 aromatic rings. The smallest absolute Gasteiger partial charge is 0.0314 e. The van der Waals surface area contributed by atoms with Gasteiger partial charge in [0.25, 0.3) is 0 Å². The Labute approximate surface area is 218 Å². The molecule has 0 saturated carbocycles. The molecule has 5 rings (SSSR count). The van der Waals surface area contributed by atoms with Crippen LogP contribution in [-0.2, 0) is 37.5 Å². The SMILES string of the molecule is C=C1c2ccc3c(c2CCC1(C)c1ccc(CCC)cc1CCc1ccc(N)cc1)C=CC(C)(C)C3. The van der Waals surface area contributed by atoms with Crippen LogP contribution in [0.2, 0.25) is 0 Å². The van der Waals surface area contributed by atoms with E-state index in [1.54, 1.807) is 0 Å². The van der Waals surface area contributed by atoms with Crippen LogP contribution in [0.25, 0.3) is 11.6 Å². The summed E-state index contributed by atoms with van der Waals surface area (Å²) in [4.78, 5) is 0. The standard InChI is InChI=1S/C35H41N/c1-6-7-26-11-17-33(27(22-26)12-8-25-9-14-29(36)15-10-25)35(5)21-19-32-30(24(35)2)16-13-28-23-34(3,4)20-18-31(28)32/h9-11,13-18,20,22H,2,6-8,12,19,21,23,36H2,1,3-5H3. The third-order valence-electron chi connectivity index (χ3n) is 8.63. The van der Waals surface area contributed by atoms with Crippen molar-refractivity contribution in [3.63, 3.8) is 0 Å². The number of hydrogen-bond donors (Lipinski definition) is 1. The summed E-state index contributed by atoms with van der Waals surface area (Å²) in [5.74, 6) is 0. The van der Waals surface area contributed by atoms with Crippen molar-refractivity contribution in [3.8, 4) is 0 Å². The number of aryl methyl sites for hydroxylation is 3. The van der Waals surface area contributed by atoms with Gasteiger partial charge in [0.05, 0.1) is 0 Å². The van der Waals surface area contributed by atoms with Gasteiger partial charge in [0.15, 0.2) is 0 Å². The van der Waals surface area contributed by atoms with Gasteiger partial charge in [-0.1, -0.05) is 95.3 Å². The Kier molecular flexibility index (Phi) is 6.45. The predicted octanol–water partition coefficient (Wildman–Crippen LogP) is 8.52. The van der Waals surface area contributed by atoms with Gasteiger partial charge >= 0.3 is 0 Å². The molecule has 0 bridgehead atoms. The van der Waals surface area contributed by atoms with Gasteiger partial charge in [-0.2, -0.15) is 0 Å². The van der Waals surface area contributed by atoms with Crippen LogP contribution in [0.5, 0.6) is 0 Å². The molecule has 0 radical (unpaired) electrons. The molecule has 0 fully saturated rings. The summed E-state index contributed by atoms with van der Waals surface area (Å²) in [6.45, 7) is 14.1. The highest BCUT2D eigenvalue weighted by molar-refractivity contribution is 5.81. The quantitative estimate of drug-likeness (QED) is 0.355. The highest BCUT2D eigenvalue weighted by Crippen LogP contribution is 2.49. The maximum atomic E-state index is 5.92. The first-order valence-corrected chi connectivity index (χ1v) is 13.7. The highest BCUT2D eigenvalue weighted by atomic mass is 14.5. The van der Waals surface area contributed by atoms with Gasteiger partial charge in [-0.25, -0.2) is 0 Å². The van der Waals surface area contributed by atoms with Crippen LogP contribution in [0.1, 0.15) is 85.0 Å². The number of hydrogen-bond acceptors (Lipinski definition) is 1. The molecule has 0 amide bonds. The Hall–Kier alpha value is -3.06. The Bertz CT molecular complexity index is 1320. The lowest BCUT2D eigenvalue weighted by Crippen LogP contribution is -2.31. The molecule has 2 aliphatic rings. The van der Waals surface area contributed by atoms with Crippen LogP contribution in [0.4, 0.5) is 5.69 Å². The minimum absolute atomic E-state index is 0.0555. The van der Waals surface area contributed by atoms with E-state index in [4.69, 9.17) is 12.3 Å². The summed E-state index contributed by atoms with van der Waals surface area (Å²) in [5.41, 5.74) is 19.8. The maximum Gasteiger partial charge on any atom is 0.0314 e. The molecule has 3 aromatic carbocycles. The first-order chi connectivity index (χ1) is 17.2. The van der Waals surface area contributed by atoms with Gasteiger partial charge in [0.1, 0.15) is 0 Å². The molecule has 186 valence electrons. The zero-order valence-corrected chi connectivity index (χ0v) is 22.6. The fourth-order valence-corrected chi connectivity index (χ4v) is 6.41. The van der Waals surface area contributed by atoms with Crippen molar-refractivity contribution in [1.29, 1.82) is 0 Å². The second-order valence-electron chi connectivity index (χ2n) is 12.0. The van der Waals surface area contributed by atoms with Crippen LogP contribution >= 0.6 is 0 Å². The highest BCUT2D eigenvalue weighted by Gasteiger charge is 2.38. The number of nitrogens with two attached hydrogens (primary N) is 1. The third-order valence-corrected chi connectivity index (χ3v) is 8.63. The van der Waals surface area contributed by atoms with E-state index in [1.807, 2.05) is 12.1 Å². The van der Waals surface area contributed by atoms with Crippen molar-refractivity contribution in [3.05, 3.63) is 112 Å². The fourth-order valence-electron chi connectivity index (χ4n) is 6.41. The van der Waals surface area contributed by atoms with Crippen LogP contribution < -0.4 is 5.73 Å². The van der Waals surface area contributed by atoms with E-state index in [-0.39, 0.29) is 10.8 Å². The second kappa shape index (κ2) is 9.43. The van der Waals surface area contributed by atoms with Gasteiger partial charge in [0.2, 0.25) is 0 Å². The first-order valence-electron chi connectivity index (χ1n) is 13.7. The average molecular weight is 476 g/mol. The molecule has 1 atom stereocenters. The van der Waals surface area contributed by atoms with E-state index < -0.39 is 0 Å². The van der Waals surface area contributed by atoms with Crippen LogP contribution in [0, 0.1) is 5.41 Å². The number of fused-ring (bicyclic) bond motifs is 3. The number of benzene rings is 3. The third kappa shape index (κ3) is 4.57. The molecule has 36 heavy (non-hydrogen) atoms. The molecule has 1 heteroatoms. The van der Waals surface area contributed by atoms with Crippen LogP contribution in [0.3, 0.4) is 0 Å². The Balaban J connectivity index is 1.51. The molecule has 1 nitrogen and oxygen atoms in total.